The lowest BCUT2D eigenvalue weighted by atomic mass is 10.3. The SMILES string of the molecule is Cc1cc(C)n(-c2nccc(Oc3ccc(Cl)cc3)n2)n1. The van der Waals surface area contributed by atoms with Crippen molar-refractivity contribution in [3.05, 3.63) is 59.0 Å². The number of aromatic nitrogens is 4. The van der Waals surface area contributed by atoms with E-state index in [4.69, 9.17) is 16.3 Å². The molecule has 0 aliphatic carbocycles. The van der Waals surface area contributed by atoms with Crippen molar-refractivity contribution in [1.82, 2.24) is 19.7 Å². The molecule has 3 aromatic rings. The van der Waals surface area contributed by atoms with Gasteiger partial charge < -0.3 is 4.74 Å². The van der Waals surface area contributed by atoms with Gasteiger partial charge in [0.1, 0.15) is 5.75 Å². The second-order valence-electron chi connectivity index (χ2n) is 4.59. The van der Waals surface area contributed by atoms with E-state index >= 15 is 0 Å². The molecule has 0 fully saturated rings. The summed E-state index contributed by atoms with van der Waals surface area (Å²) in [7, 11) is 0. The predicted molar refractivity (Wildman–Crippen MR) is 80.2 cm³/mol. The van der Waals surface area contributed by atoms with Crippen molar-refractivity contribution < 1.29 is 4.74 Å². The number of aryl methyl sites for hydroxylation is 2. The molecule has 6 heteroatoms. The first-order valence-electron chi connectivity index (χ1n) is 6.42. The highest BCUT2D eigenvalue weighted by molar-refractivity contribution is 6.30. The Morgan fingerprint density at radius 1 is 1.10 bits per heavy atom. The van der Waals surface area contributed by atoms with Crippen molar-refractivity contribution in [3.8, 4) is 17.6 Å². The molecule has 0 amide bonds. The molecule has 1 aromatic carbocycles. The summed E-state index contributed by atoms with van der Waals surface area (Å²) < 4.78 is 7.38. The van der Waals surface area contributed by atoms with Crippen molar-refractivity contribution in [1.29, 1.82) is 0 Å². The van der Waals surface area contributed by atoms with Gasteiger partial charge in [-0.05, 0) is 44.2 Å². The van der Waals surface area contributed by atoms with E-state index < -0.39 is 0 Å². The van der Waals surface area contributed by atoms with Crippen molar-refractivity contribution in [2.45, 2.75) is 13.8 Å². The monoisotopic (exact) mass is 300 g/mol. The molecule has 0 saturated carbocycles. The molecule has 0 saturated heterocycles. The quantitative estimate of drug-likeness (QED) is 0.739. The van der Waals surface area contributed by atoms with Gasteiger partial charge in [-0.3, -0.25) is 0 Å². The van der Waals surface area contributed by atoms with E-state index in [1.54, 1.807) is 41.2 Å². The van der Waals surface area contributed by atoms with E-state index in [2.05, 4.69) is 15.1 Å². The van der Waals surface area contributed by atoms with Crippen LogP contribution in [0.15, 0.2) is 42.6 Å². The molecule has 2 heterocycles. The molecule has 0 aliphatic rings. The number of ether oxygens (including phenoxy) is 1. The smallest absolute Gasteiger partial charge is 0.254 e. The third-order valence-corrected chi connectivity index (χ3v) is 3.10. The van der Waals surface area contributed by atoms with Crippen LogP contribution in [0, 0.1) is 13.8 Å². The normalized spacial score (nSPS) is 10.6. The molecule has 2 aromatic heterocycles. The minimum absolute atomic E-state index is 0.454. The minimum Gasteiger partial charge on any atom is -0.439 e. The highest BCUT2D eigenvalue weighted by Crippen LogP contribution is 2.21. The number of hydrogen-bond donors (Lipinski definition) is 0. The minimum atomic E-state index is 0.454. The molecule has 3 rings (SSSR count). The van der Waals surface area contributed by atoms with Gasteiger partial charge in [-0.15, -0.1) is 0 Å². The van der Waals surface area contributed by atoms with Gasteiger partial charge in [0.15, 0.2) is 0 Å². The van der Waals surface area contributed by atoms with Gasteiger partial charge in [0, 0.05) is 23.0 Å². The predicted octanol–water partition coefficient (Wildman–Crippen LogP) is 3.72. The van der Waals surface area contributed by atoms with Crippen molar-refractivity contribution in [2.75, 3.05) is 0 Å². The molecule has 0 aliphatic heterocycles. The highest BCUT2D eigenvalue weighted by atomic mass is 35.5. The lowest BCUT2D eigenvalue weighted by molar-refractivity contribution is 0.459. The molecular formula is C15H13ClN4O. The highest BCUT2D eigenvalue weighted by Gasteiger charge is 2.08. The third kappa shape index (κ3) is 3.03. The molecule has 0 N–H and O–H groups in total. The Bertz CT molecular complexity index is 768. The Kier molecular flexibility index (Phi) is 3.58. The van der Waals surface area contributed by atoms with E-state index in [0.717, 1.165) is 11.4 Å². The van der Waals surface area contributed by atoms with Gasteiger partial charge in [-0.25, -0.2) is 9.67 Å². The maximum atomic E-state index is 5.85. The topological polar surface area (TPSA) is 52.8 Å². The van der Waals surface area contributed by atoms with Crippen LogP contribution in [-0.2, 0) is 0 Å². The van der Waals surface area contributed by atoms with Gasteiger partial charge in [0.2, 0.25) is 5.88 Å². The summed E-state index contributed by atoms with van der Waals surface area (Å²) in [6.45, 7) is 3.88. The van der Waals surface area contributed by atoms with Gasteiger partial charge in [-0.1, -0.05) is 11.6 Å². The zero-order valence-electron chi connectivity index (χ0n) is 11.6. The van der Waals surface area contributed by atoms with Crippen LogP contribution in [0.25, 0.3) is 5.95 Å². The Morgan fingerprint density at radius 2 is 1.86 bits per heavy atom. The lowest BCUT2D eigenvalue weighted by Gasteiger charge is -2.07. The largest absolute Gasteiger partial charge is 0.439 e. The van der Waals surface area contributed by atoms with Crippen molar-refractivity contribution >= 4 is 11.6 Å². The van der Waals surface area contributed by atoms with Gasteiger partial charge in [-0.2, -0.15) is 10.1 Å². The molecule has 0 bridgehead atoms. The summed E-state index contributed by atoms with van der Waals surface area (Å²) in [5.41, 5.74) is 1.89. The maximum absolute atomic E-state index is 5.85. The lowest BCUT2D eigenvalue weighted by Crippen LogP contribution is -2.05. The molecule has 0 radical (unpaired) electrons. The Balaban J connectivity index is 1.89. The summed E-state index contributed by atoms with van der Waals surface area (Å²) in [4.78, 5) is 8.60. The molecule has 106 valence electrons. The first-order valence-corrected chi connectivity index (χ1v) is 6.80. The van der Waals surface area contributed by atoms with Crippen LogP contribution in [-0.4, -0.2) is 19.7 Å². The maximum Gasteiger partial charge on any atom is 0.254 e. The Hall–Kier alpha value is -2.40. The molecule has 5 nitrogen and oxygen atoms in total. The molecule has 0 atom stereocenters. The van der Waals surface area contributed by atoms with Crippen LogP contribution in [0.2, 0.25) is 5.02 Å². The molecular weight excluding hydrogens is 288 g/mol. The van der Waals surface area contributed by atoms with E-state index in [1.165, 1.54) is 0 Å². The van der Waals surface area contributed by atoms with Crippen LogP contribution in [0.1, 0.15) is 11.4 Å². The summed E-state index contributed by atoms with van der Waals surface area (Å²) in [5.74, 6) is 1.60. The molecule has 0 unspecified atom stereocenters. The fourth-order valence-electron chi connectivity index (χ4n) is 1.95. The summed E-state index contributed by atoms with van der Waals surface area (Å²) in [6.07, 6.45) is 1.64. The van der Waals surface area contributed by atoms with Crippen LogP contribution < -0.4 is 4.74 Å². The van der Waals surface area contributed by atoms with Crippen LogP contribution >= 0.6 is 11.6 Å². The summed E-state index contributed by atoms with van der Waals surface area (Å²) in [6, 6.07) is 10.8. The Labute approximate surface area is 127 Å². The third-order valence-electron chi connectivity index (χ3n) is 2.85. The van der Waals surface area contributed by atoms with Crippen LogP contribution in [0.5, 0.6) is 11.6 Å². The fourth-order valence-corrected chi connectivity index (χ4v) is 2.07. The average molecular weight is 301 g/mol. The zero-order chi connectivity index (χ0) is 14.8. The Morgan fingerprint density at radius 3 is 2.52 bits per heavy atom. The van der Waals surface area contributed by atoms with Crippen LogP contribution in [0.3, 0.4) is 0 Å². The number of hydrogen-bond acceptors (Lipinski definition) is 4. The fraction of sp³-hybridized carbons (Fsp3) is 0.133. The first-order chi connectivity index (χ1) is 10.1. The van der Waals surface area contributed by atoms with Gasteiger partial charge in [0.25, 0.3) is 5.95 Å². The van der Waals surface area contributed by atoms with Crippen LogP contribution in [0.4, 0.5) is 0 Å². The standard InChI is InChI=1S/C15H13ClN4O/c1-10-9-11(2)20(19-10)15-17-8-7-14(18-15)21-13-5-3-12(16)4-6-13/h3-9H,1-2H3. The second-order valence-corrected chi connectivity index (χ2v) is 5.03. The van der Waals surface area contributed by atoms with E-state index in [1.807, 2.05) is 19.9 Å². The van der Waals surface area contributed by atoms with Crippen molar-refractivity contribution in [3.63, 3.8) is 0 Å². The number of halogens is 1. The second kappa shape index (κ2) is 5.54. The number of benzene rings is 1. The van der Waals surface area contributed by atoms with Crippen molar-refractivity contribution in [2.24, 2.45) is 0 Å². The van der Waals surface area contributed by atoms with E-state index in [0.29, 0.717) is 22.6 Å². The average Bonchev–Trinajstić information content (AvgIpc) is 2.81. The first kappa shape index (κ1) is 13.6. The number of nitrogens with zero attached hydrogens (tertiary/aromatic N) is 4. The zero-order valence-corrected chi connectivity index (χ0v) is 12.4. The summed E-state index contributed by atoms with van der Waals surface area (Å²) in [5, 5.41) is 5.02. The van der Waals surface area contributed by atoms with Gasteiger partial charge in [0.05, 0.1) is 5.69 Å². The van der Waals surface area contributed by atoms with E-state index in [9.17, 15) is 0 Å². The molecule has 0 spiro atoms. The van der Waals surface area contributed by atoms with E-state index in [-0.39, 0.29) is 0 Å². The number of rotatable bonds is 3. The molecule has 21 heavy (non-hydrogen) atoms. The summed E-state index contributed by atoms with van der Waals surface area (Å²) >= 11 is 5.85. The van der Waals surface area contributed by atoms with Gasteiger partial charge >= 0.3 is 0 Å².